The number of rotatable bonds is 3. The molecular formula is C12H13BN2O2. The molecule has 5 heteroatoms. The van der Waals surface area contributed by atoms with Crippen molar-refractivity contribution in [2.75, 3.05) is 5.73 Å². The average molecular weight is 228 g/mol. The molecule has 2 radical (unpaired) electrons. The normalized spacial score (nSPS) is 12.6. The van der Waals surface area contributed by atoms with Gasteiger partial charge in [-0.3, -0.25) is 10.1 Å². The molecule has 0 aliphatic rings. The minimum atomic E-state index is -0.425. The smallest absolute Gasteiger partial charge is 0.272 e. The van der Waals surface area contributed by atoms with Gasteiger partial charge in [0.1, 0.15) is 7.85 Å². The number of allylic oxidation sites excluding steroid dienone is 3. The van der Waals surface area contributed by atoms with E-state index in [2.05, 4.69) is 0 Å². The molecule has 0 amide bonds. The molecule has 0 heterocycles. The van der Waals surface area contributed by atoms with Gasteiger partial charge in [0, 0.05) is 22.9 Å². The van der Waals surface area contributed by atoms with Crippen molar-refractivity contribution in [3.05, 3.63) is 51.7 Å². The Labute approximate surface area is 101 Å². The number of nitrogen functional groups attached to an aromatic ring is 1. The standard InChI is InChI=1S/C12H13BN2O2/c1-3-4-12(15(16)17)8(2)10-6-5-9(13)7-11(10)14/h3-7H,14H2,1-2H3/b4-3+,12-8+. The molecule has 86 valence electrons. The third-order valence-electron chi connectivity index (χ3n) is 2.39. The number of hydrogen-bond acceptors (Lipinski definition) is 3. The molecule has 0 saturated heterocycles. The van der Waals surface area contributed by atoms with Crippen molar-refractivity contribution in [3.8, 4) is 0 Å². The van der Waals surface area contributed by atoms with Crippen molar-refractivity contribution in [1.29, 1.82) is 0 Å². The molecular weight excluding hydrogens is 215 g/mol. The van der Waals surface area contributed by atoms with Gasteiger partial charge in [-0.2, -0.15) is 0 Å². The zero-order valence-electron chi connectivity index (χ0n) is 9.81. The second kappa shape index (κ2) is 5.34. The van der Waals surface area contributed by atoms with Crippen LogP contribution in [0.2, 0.25) is 0 Å². The molecule has 1 rings (SSSR count). The van der Waals surface area contributed by atoms with Gasteiger partial charge in [0.25, 0.3) is 5.70 Å². The highest BCUT2D eigenvalue weighted by Crippen LogP contribution is 2.24. The highest BCUT2D eigenvalue weighted by molar-refractivity contribution is 6.32. The zero-order chi connectivity index (χ0) is 13.0. The van der Waals surface area contributed by atoms with E-state index < -0.39 is 4.92 Å². The molecule has 0 atom stereocenters. The maximum atomic E-state index is 10.9. The lowest BCUT2D eigenvalue weighted by molar-refractivity contribution is -0.418. The van der Waals surface area contributed by atoms with E-state index in [9.17, 15) is 10.1 Å². The first-order chi connectivity index (χ1) is 7.97. The van der Waals surface area contributed by atoms with Crippen molar-refractivity contribution >= 4 is 24.6 Å². The van der Waals surface area contributed by atoms with Gasteiger partial charge in [0.15, 0.2) is 0 Å². The van der Waals surface area contributed by atoms with Crippen LogP contribution in [-0.4, -0.2) is 12.8 Å². The number of nitro groups is 1. The van der Waals surface area contributed by atoms with Crippen LogP contribution in [0.15, 0.2) is 36.0 Å². The van der Waals surface area contributed by atoms with Crippen LogP contribution in [0.5, 0.6) is 0 Å². The van der Waals surface area contributed by atoms with Crippen molar-refractivity contribution in [2.45, 2.75) is 13.8 Å². The minimum Gasteiger partial charge on any atom is -0.398 e. The molecule has 17 heavy (non-hydrogen) atoms. The van der Waals surface area contributed by atoms with E-state index in [4.69, 9.17) is 13.6 Å². The third kappa shape index (κ3) is 2.97. The first-order valence-electron chi connectivity index (χ1n) is 5.10. The fourth-order valence-corrected chi connectivity index (χ4v) is 1.54. The van der Waals surface area contributed by atoms with Gasteiger partial charge >= 0.3 is 0 Å². The minimum absolute atomic E-state index is 0.0315. The monoisotopic (exact) mass is 228 g/mol. The summed E-state index contributed by atoms with van der Waals surface area (Å²) in [6, 6.07) is 4.95. The highest BCUT2D eigenvalue weighted by atomic mass is 16.6. The fourth-order valence-electron chi connectivity index (χ4n) is 1.54. The molecule has 0 unspecified atom stereocenters. The Morgan fingerprint density at radius 3 is 2.65 bits per heavy atom. The summed E-state index contributed by atoms with van der Waals surface area (Å²) in [7, 11) is 5.58. The average Bonchev–Trinajstić information content (AvgIpc) is 2.24. The van der Waals surface area contributed by atoms with Gasteiger partial charge in [-0.05, 0) is 19.9 Å². The molecule has 0 saturated carbocycles. The molecule has 0 spiro atoms. The van der Waals surface area contributed by atoms with Gasteiger partial charge in [0.2, 0.25) is 0 Å². The summed E-state index contributed by atoms with van der Waals surface area (Å²) in [4.78, 5) is 10.5. The van der Waals surface area contributed by atoms with E-state index >= 15 is 0 Å². The summed E-state index contributed by atoms with van der Waals surface area (Å²) in [5, 5.41) is 10.9. The number of nitrogens with zero attached hydrogens (tertiary/aromatic N) is 1. The third-order valence-corrected chi connectivity index (χ3v) is 2.39. The van der Waals surface area contributed by atoms with Crippen molar-refractivity contribution in [1.82, 2.24) is 0 Å². The maximum Gasteiger partial charge on any atom is 0.272 e. The molecule has 4 nitrogen and oxygen atoms in total. The summed E-state index contributed by atoms with van der Waals surface area (Å²) in [6.45, 7) is 3.39. The van der Waals surface area contributed by atoms with E-state index in [1.807, 2.05) is 0 Å². The Bertz CT molecular complexity index is 507. The van der Waals surface area contributed by atoms with Crippen molar-refractivity contribution in [2.24, 2.45) is 0 Å². The maximum absolute atomic E-state index is 10.9. The molecule has 2 N–H and O–H groups in total. The Hall–Kier alpha value is -2.04. The van der Waals surface area contributed by atoms with Crippen molar-refractivity contribution < 1.29 is 4.92 Å². The molecule has 1 aromatic carbocycles. The summed E-state index contributed by atoms with van der Waals surface area (Å²) < 4.78 is 0. The van der Waals surface area contributed by atoms with Crippen LogP contribution in [0.4, 0.5) is 5.69 Å². The predicted molar refractivity (Wildman–Crippen MR) is 70.6 cm³/mol. The largest absolute Gasteiger partial charge is 0.398 e. The first kappa shape index (κ1) is 13.0. The lowest BCUT2D eigenvalue weighted by atomic mass is 9.92. The van der Waals surface area contributed by atoms with E-state index in [0.29, 0.717) is 22.3 Å². The van der Waals surface area contributed by atoms with Crippen LogP contribution < -0.4 is 11.2 Å². The van der Waals surface area contributed by atoms with E-state index in [-0.39, 0.29) is 5.70 Å². The quantitative estimate of drug-likeness (QED) is 0.281. The first-order valence-corrected chi connectivity index (χ1v) is 5.10. The van der Waals surface area contributed by atoms with Gasteiger partial charge in [-0.15, -0.1) is 0 Å². The molecule has 0 aliphatic carbocycles. The van der Waals surface area contributed by atoms with Crippen LogP contribution in [0.25, 0.3) is 5.57 Å². The van der Waals surface area contributed by atoms with Crippen LogP contribution >= 0.6 is 0 Å². The lowest BCUT2D eigenvalue weighted by Gasteiger charge is -2.07. The zero-order valence-corrected chi connectivity index (χ0v) is 9.81. The summed E-state index contributed by atoms with van der Waals surface area (Å²) in [5.74, 6) is 0. The number of hydrogen-bond donors (Lipinski definition) is 1. The molecule has 0 aliphatic heterocycles. The summed E-state index contributed by atoms with van der Waals surface area (Å²) in [6.07, 6.45) is 3.07. The Balaban J connectivity index is 3.39. The second-order valence-electron chi connectivity index (χ2n) is 3.61. The summed E-state index contributed by atoms with van der Waals surface area (Å²) in [5.41, 5.74) is 7.95. The topological polar surface area (TPSA) is 69.2 Å². The predicted octanol–water partition coefficient (Wildman–Crippen LogP) is 1.65. The van der Waals surface area contributed by atoms with Crippen molar-refractivity contribution in [3.63, 3.8) is 0 Å². The van der Waals surface area contributed by atoms with Gasteiger partial charge < -0.3 is 5.73 Å². The number of anilines is 1. The SMILES string of the molecule is [B]c1ccc(/C(C)=C(\C=C\C)[N+](=O)[O-])c(N)c1. The highest BCUT2D eigenvalue weighted by Gasteiger charge is 2.14. The van der Waals surface area contributed by atoms with Gasteiger partial charge in [-0.1, -0.05) is 23.7 Å². The van der Waals surface area contributed by atoms with Crippen LogP contribution in [-0.2, 0) is 0 Å². The number of nitrogens with two attached hydrogens (primary N) is 1. The molecule has 0 fully saturated rings. The van der Waals surface area contributed by atoms with Crippen LogP contribution in [0.1, 0.15) is 19.4 Å². The van der Waals surface area contributed by atoms with Crippen LogP contribution in [0.3, 0.4) is 0 Å². The van der Waals surface area contributed by atoms with Gasteiger partial charge in [0.05, 0.1) is 4.92 Å². The van der Waals surface area contributed by atoms with Crippen LogP contribution in [0, 0.1) is 10.1 Å². The molecule has 1 aromatic rings. The number of benzene rings is 1. The lowest BCUT2D eigenvalue weighted by Crippen LogP contribution is -2.07. The van der Waals surface area contributed by atoms with E-state index in [0.717, 1.165) is 0 Å². The Morgan fingerprint density at radius 1 is 1.53 bits per heavy atom. The van der Waals surface area contributed by atoms with E-state index in [1.165, 1.54) is 6.08 Å². The fraction of sp³-hybridized carbons (Fsp3) is 0.167. The summed E-state index contributed by atoms with van der Waals surface area (Å²) >= 11 is 0. The molecule has 0 aromatic heterocycles. The Kier molecular flexibility index (Phi) is 4.09. The van der Waals surface area contributed by atoms with Gasteiger partial charge in [-0.25, -0.2) is 0 Å². The Morgan fingerprint density at radius 2 is 2.18 bits per heavy atom. The second-order valence-corrected chi connectivity index (χ2v) is 3.61. The molecule has 0 bridgehead atoms. The van der Waals surface area contributed by atoms with E-state index in [1.54, 1.807) is 38.1 Å².